The lowest BCUT2D eigenvalue weighted by Gasteiger charge is -2.25. The molecule has 1 aliphatic rings. The fourth-order valence-electron chi connectivity index (χ4n) is 4.67. The maximum absolute atomic E-state index is 11.4. The Kier molecular flexibility index (Phi) is 6.37. The van der Waals surface area contributed by atoms with E-state index < -0.39 is 0 Å². The first-order chi connectivity index (χ1) is 16.6. The zero-order valence-electron chi connectivity index (χ0n) is 19.5. The molecule has 0 saturated carbocycles. The second kappa shape index (κ2) is 9.74. The van der Waals surface area contributed by atoms with Crippen LogP contribution in [0.5, 0.6) is 5.88 Å². The molecule has 176 valence electrons. The number of para-hydroxylation sites is 1. The van der Waals surface area contributed by atoms with Gasteiger partial charge in [-0.3, -0.25) is 14.5 Å². The van der Waals surface area contributed by atoms with E-state index in [2.05, 4.69) is 37.0 Å². The highest BCUT2D eigenvalue weighted by Gasteiger charge is 2.28. The van der Waals surface area contributed by atoms with Gasteiger partial charge in [-0.25, -0.2) is 9.97 Å². The Labute approximate surface area is 198 Å². The monoisotopic (exact) mass is 459 g/mol. The van der Waals surface area contributed by atoms with Crippen LogP contribution in [0.15, 0.2) is 48.8 Å². The van der Waals surface area contributed by atoms with E-state index in [1.165, 1.54) is 0 Å². The molecule has 0 radical (unpaired) electrons. The van der Waals surface area contributed by atoms with Crippen molar-refractivity contribution in [1.29, 1.82) is 0 Å². The minimum atomic E-state index is 0.0205. The van der Waals surface area contributed by atoms with Gasteiger partial charge >= 0.3 is 0 Å². The normalized spacial score (nSPS) is 17.6. The predicted molar refractivity (Wildman–Crippen MR) is 129 cm³/mol. The molecular weight excluding hydrogens is 430 g/mol. The number of carbonyl (C=O) groups is 1. The van der Waals surface area contributed by atoms with Gasteiger partial charge in [0.25, 0.3) is 0 Å². The summed E-state index contributed by atoms with van der Waals surface area (Å²) in [6.07, 6.45) is 5.64. The molecule has 1 atom stereocenters. The molecule has 0 spiro atoms. The number of nitrogens with zero attached hydrogens (tertiary/aromatic N) is 6. The van der Waals surface area contributed by atoms with Crippen molar-refractivity contribution in [2.24, 2.45) is 7.05 Å². The summed E-state index contributed by atoms with van der Waals surface area (Å²) in [6, 6.07) is 12.1. The Morgan fingerprint density at radius 1 is 1.21 bits per heavy atom. The number of hydrogen-bond acceptors (Lipinski definition) is 7. The maximum atomic E-state index is 11.4. The van der Waals surface area contributed by atoms with Crippen molar-refractivity contribution in [3.63, 3.8) is 0 Å². The molecule has 5 rings (SSSR count). The van der Waals surface area contributed by atoms with Crippen molar-refractivity contribution in [3.05, 3.63) is 60.3 Å². The summed E-state index contributed by atoms with van der Waals surface area (Å²) >= 11 is 0. The van der Waals surface area contributed by atoms with Gasteiger partial charge in [-0.15, -0.1) is 0 Å². The van der Waals surface area contributed by atoms with E-state index in [4.69, 9.17) is 9.72 Å². The van der Waals surface area contributed by atoms with Gasteiger partial charge in [0.15, 0.2) is 0 Å². The summed E-state index contributed by atoms with van der Waals surface area (Å²) in [5.74, 6) is 1.41. The van der Waals surface area contributed by atoms with Crippen LogP contribution in [0.25, 0.3) is 22.2 Å². The molecule has 4 aromatic rings. The van der Waals surface area contributed by atoms with Crippen LogP contribution in [0.3, 0.4) is 0 Å². The Morgan fingerprint density at radius 2 is 2.09 bits per heavy atom. The van der Waals surface area contributed by atoms with Gasteiger partial charge in [0, 0.05) is 44.8 Å². The number of fused-ring (bicyclic) bond motifs is 1. The van der Waals surface area contributed by atoms with Crippen LogP contribution in [-0.2, 0) is 18.4 Å². The van der Waals surface area contributed by atoms with E-state index in [9.17, 15) is 4.79 Å². The van der Waals surface area contributed by atoms with Gasteiger partial charge in [0.05, 0.1) is 48.4 Å². The van der Waals surface area contributed by atoms with Gasteiger partial charge in [0.2, 0.25) is 5.88 Å². The standard InChI is InChI=1S/C25H29N7O2/c1-30-9-7-19(29-30)17-31-10-8-23(32(12-11-31)13-14-33)24-26-16-22(27-24)20-15-18-5-3-4-6-21(18)28-25(20)34-2/h3-7,9,14-16,23H,8,10-13,17H2,1-2H3,(H,26,27). The first-order valence-corrected chi connectivity index (χ1v) is 11.5. The second-order valence-electron chi connectivity index (χ2n) is 8.64. The number of aromatic amines is 1. The quantitative estimate of drug-likeness (QED) is 0.425. The van der Waals surface area contributed by atoms with Crippen LogP contribution in [0.4, 0.5) is 0 Å². The molecule has 0 amide bonds. The highest BCUT2D eigenvalue weighted by Crippen LogP contribution is 2.32. The summed E-state index contributed by atoms with van der Waals surface area (Å²) in [7, 11) is 3.56. The summed E-state index contributed by atoms with van der Waals surface area (Å²) in [6.45, 7) is 3.72. The molecule has 1 aliphatic heterocycles. The number of hydrogen-bond donors (Lipinski definition) is 1. The Hall–Kier alpha value is -3.56. The van der Waals surface area contributed by atoms with Gasteiger partial charge in [-0.1, -0.05) is 18.2 Å². The number of nitrogens with one attached hydrogen (secondary N) is 1. The van der Waals surface area contributed by atoms with Crippen LogP contribution in [0.2, 0.25) is 0 Å². The number of H-pyrrole nitrogens is 1. The number of carbonyl (C=O) groups excluding carboxylic acids is 1. The molecule has 3 aromatic heterocycles. The molecule has 0 aliphatic carbocycles. The van der Waals surface area contributed by atoms with Crippen LogP contribution in [0, 0.1) is 0 Å². The molecule has 9 nitrogen and oxygen atoms in total. The zero-order valence-corrected chi connectivity index (χ0v) is 19.5. The molecule has 9 heteroatoms. The number of ether oxygens (including phenoxy) is 1. The number of aromatic nitrogens is 5. The number of pyridine rings is 1. The first-order valence-electron chi connectivity index (χ1n) is 11.5. The minimum Gasteiger partial charge on any atom is -0.480 e. The van der Waals surface area contributed by atoms with Crippen LogP contribution in [-0.4, -0.2) is 74.1 Å². The number of rotatable bonds is 7. The summed E-state index contributed by atoms with van der Waals surface area (Å²) in [4.78, 5) is 28.9. The van der Waals surface area contributed by atoms with E-state index in [0.717, 1.165) is 72.6 Å². The van der Waals surface area contributed by atoms with Gasteiger partial charge < -0.3 is 14.5 Å². The lowest BCUT2D eigenvalue weighted by atomic mass is 10.1. The lowest BCUT2D eigenvalue weighted by molar-refractivity contribution is -0.109. The van der Waals surface area contributed by atoms with E-state index in [0.29, 0.717) is 12.4 Å². The topological polar surface area (TPSA) is 92.2 Å². The summed E-state index contributed by atoms with van der Waals surface area (Å²) in [5, 5.41) is 5.55. The molecule has 1 N–H and O–H groups in total. The highest BCUT2D eigenvalue weighted by molar-refractivity contribution is 5.85. The fourth-order valence-corrected chi connectivity index (χ4v) is 4.67. The molecule has 1 fully saturated rings. The van der Waals surface area contributed by atoms with Crippen molar-refractivity contribution in [2.45, 2.75) is 19.0 Å². The van der Waals surface area contributed by atoms with Crippen LogP contribution in [0.1, 0.15) is 24.0 Å². The number of imidazole rings is 1. The van der Waals surface area contributed by atoms with E-state index in [-0.39, 0.29) is 6.04 Å². The van der Waals surface area contributed by atoms with E-state index >= 15 is 0 Å². The average molecular weight is 460 g/mol. The highest BCUT2D eigenvalue weighted by atomic mass is 16.5. The number of aryl methyl sites for hydroxylation is 1. The SMILES string of the molecule is COc1nc2ccccc2cc1-c1cnc(C2CCN(Cc3ccn(C)n3)CCN2CC=O)[nH]1. The largest absolute Gasteiger partial charge is 0.480 e. The van der Waals surface area contributed by atoms with E-state index in [1.54, 1.807) is 7.11 Å². The Bertz CT molecular complexity index is 1280. The van der Waals surface area contributed by atoms with Crippen LogP contribution < -0.4 is 4.74 Å². The zero-order chi connectivity index (χ0) is 23.5. The van der Waals surface area contributed by atoms with Crippen molar-refractivity contribution in [3.8, 4) is 17.1 Å². The number of benzene rings is 1. The molecule has 1 saturated heterocycles. The molecular formula is C25H29N7O2. The molecule has 34 heavy (non-hydrogen) atoms. The molecule has 0 bridgehead atoms. The van der Waals surface area contributed by atoms with Crippen molar-refractivity contribution >= 4 is 17.2 Å². The molecule has 1 aromatic carbocycles. The third-order valence-corrected chi connectivity index (χ3v) is 6.41. The lowest BCUT2D eigenvalue weighted by Crippen LogP contribution is -2.33. The Balaban J connectivity index is 1.40. The van der Waals surface area contributed by atoms with Crippen LogP contribution >= 0.6 is 0 Å². The fraction of sp³-hybridized carbons (Fsp3) is 0.360. The van der Waals surface area contributed by atoms with Gasteiger partial charge in [-0.2, -0.15) is 5.10 Å². The van der Waals surface area contributed by atoms with Crippen molar-refractivity contribution in [1.82, 2.24) is 34.5 Å². The van der Waals surface area contributed by atoms with Crippen molar-refractivity contribution < 1.29 is 9.53 Å². The second-order valence-corrected chi connectivity index (χ2v) is 8.64. The minimum absolute atomic E-state index is 0.0205. The number of methoxy groups -OCH3 is 1. The smallest absolute Gasteiger partial charge is 0.223 e. The van der Waals surface area contributed by atoms with Crippen molar-refractivity contribution in [2.75, 3.05) is 33.3 Å². The first kappa shape index (κ1) is 22.2. The molecule has 1 unspecified atom stereocenters. The van der Waals surface area contributed by atoms with Gasteiger partial charge in [0.1, 0.15) is 12.1 Å². The number of aldehydes is 1. The molecule has 4 heterocycles. The predicted octanol–water partition coefficient (Wildman–Crippen LogP) is 2.81. The van der Waals surface area contributed by atoms with Gasteiger partial charge in [-0.05, 0) is 24.6 Å². The third-order valence-electron chi connectivity index (χ3n) is 6.41. The summed E-state index contributed by atoms with van der Waals surface area (Å²) in [5.41, 5.74) is 3.66. The summed E-state index contributed by atoms with van der Waals surface area (Å²) < 4.78 is 7.41. The van der Waals surface area contributed by atoms with E-state index in [1.807, 2.05) is 48.4 Å². The third kappa shape index (κ3) is 4.57. The average Bonchev–Trinajstić information content (AvgIpc) is 3.45. The Morgan fingerprint density at radius 3 is 2.88 bits per heavy atom. The maximum Gasteiger partial charge on any atom is 0.223 e.